The Hall–Kier alpha value is -1.58. The molecule has 2 atom stereocenters. The van der Waals surface area contributed by atoms with E-state index in [-0.39, 0.29) is 17.6 Å². The number of hydrogen-bond acceptors (Lipinski definition) is 5. The minimum absolute atomic E-state index is 0.0814. The van der Waals surface area contributed by atoms with Crippen molar-refractivity contribution in [2.75, 3.05) is 6.61 Å². The predicted molar refractivity (Wildman–Crippen MR) is 95.7 cm³/mol. The zero-order chi connectivity index (χ0) is 17.2. The van der Waals surface area contributed by atoms with Gasteiger partial charge in [0.2, 0.25) is 0 Å². The SMILES string of the molecule is CCOC(=O)/C(C)=C1\NC(c2ccccc2P)CC(C)(C)N1N. The maximum atomic E-state index is 12.1. The summed E-state index contributed by atoms with van der Waals surface area (Å²) < 4.78 is 5.11. The first kappa shape index (κ1) is 17.8. The highest BCUT2D eigenvalue weighted by Gasteiger charge is 2.38. The molecular formula is C17H26N3O2P. The molecule has 1 heterocycles. The lowest BCUT2D eigenvalue weighted by atomic mass is 9.87. The molecule has 1 aromatic rings. The van der Waals surface area contributed by atoms with Crippen LogP contribution in [0.3, 0.4) is 0 Å². The molecule has 0 bridgehead atoms. The Kier molecular flexibility index (Phi) is 5.33. The molecule has 1 saturated heterocycles. The van der Waals surface area contributed by atoms with Crippen LogP contribution in [0.2, 0.25) is 0 Å². The lowest BCUT2D eigenvalue weighted by Gasteiger charge is -2.47. The fraction of sp³-hybridized carbons (Fsp3) is 0.471. The number of nitrogens with zero attached hydrogens (tertiary/aromatic N) is 1. The maximum Gasteiger partial charge on any atom is 0.337 e. The van der Waals surface area contributed by atoms with Crippen molar-refractivity contribution in [3.05, 3.63) is 41.2 Å². The molecule has 0 spiro atoms. The molecule has 126 valence electrons. The molecule has 5 nitrogen and oxygen atoms in total. The van der Waals surface area contributed by atoms with Crippen LogP contribution < -0.4 is 16.5 Å². The van der Waals surface area contributed by atoms with E-state index in [9.17, 15) is 4.79 Å². The minimum atomic E-state index is -0.346. The van der Waals surface area contributed by atoms with Crippen LogP contribution in [0.4, 0.5) is 0 Å². The van der Waals surface area contributed by atoms with Crippen molar-refractivity contribution in [2.45, 2.75) is 45.7 Å². The molecule has 1 fully saturated rings. The van der Waals surface area contributed by atoms with Crippen LogP contribution >= 0.6 is 9.24 Å². The molecule has 0 radical (unpaired) electrons. The van der Waals surface area contributed by atoms with Gasteiger partial charge in [0, 0.05) is 0 Å². The van der Waals surface area contributed by atoms with E-state index in [0.29, 0.717) is 18.0 Å². The third-order valence-electron chi connectivity index (χ3n) is 4.22. The van der Waals surface area contributed by atoms with Gasteiger partial charge in [-0.1, -0.05) is 24.3 Å². The quantitative estimate of drug-likeness (QED) is 0.383. The molecule has 6 heteroatoms. The van der Waals surface area contributed by atoms with Gasteiger partial charge in [0.1, 0.15) is 5.82 Å². The van der Waals surface area contributed by atoms with Crippen molar-refractivity contribution in [1.82, 2.24) is 10.3 Å². The van der Waals surface area contributed by atoms with Gasteiger partial charge in [-0.3, -0.25) is 5.01 Å². The Bertz CT molecular complexity index is 628. The van der Waals surface area contributed by atoms with Gasteiger partial charge in [-0.2, -0.15) is 0 Å². The van der Waals surface area contributed by atoms with Crippen LogP contribution in [0.25, 0.3) is 0 Å². The maximum absolute atomic E-state index is 12.1. The topological polar surface area (TPSA) is 67.6 Å². The summed E-state index contributed by atoms with van der Waals surface area (Å²) in [5.41, 5.74) is 1.40. The second-order valence-electron chi connectivity index (χ2n) is 6.41. The third-order valence-corrected chi connectivity index (χ3v) is 4.74. The number of carbonyl (C=O) groups excluding carboxylic acids is 1. The number of esters is 1. The minimum Gasteiger partial charge on any atom is -0.463 e. The fourth-order valence-electron chi connectivity index (χ4n) is 2.83. The number of hydrogen-bond donors (Lipinski definition) is 2. The third kappa shape index (κ3) is 3.67. The Morgan fingerprint density at radius 3 is 2.74 bits per heavy atom. The number of carbonyl (C=O) groups is 1. The van der Waals surface area contributed by atoms with Crippen LogP contribution in [0.1, 0.15) is 45.7 Å². The van der Waals surface area contributed by atoms with Crippen molar-refractivity contribution < 1.29 is 9.53 Å². The standard InChI is InChI=1S/C17H26N3O2P/c1-5-22-16(21)11(2)15-19-13(10-17(3,4)20(15)18)12-8-6-7-9-14(12)23/h6-9,13,19H,5,10,18,23H2,1-4H3/b15-11+. The van der Waals surface area contributed by atoms with E-state index in [1.807, 2.05) is 12.1 Å². The molecule has 1 aromatic carbocycles. The van der Waals surface area contributed by atoms with Crippen LogP contribution in [-0.4, -0.2) is 23.1 Å². The smallest absolute Gasteiger partial charge is 0.337 e. The second-order valence-corrected chi connectivity index (χ2v) is 7.03. The molecule has 23 heavy (non-hydrogen) atoms. The van der Waals surface area contributed by atoms with E-state index >= 15 is 0 Å². The second kappa shape index (κ2) is 6.90. The number of benzene rings is 1. The van der Waals surface area contributed by atoms with Crippen LogP contribution in [0, 0.1) is 0 Å². The number of hydrazine groups is 1. The Labute approximate surface area is 140 Å². The molecule has 0 amide bonds. The van der Waals surface area contributed by atoms with Gasteiger partial charge in [0.25, 0.3) is 0 Å². The highest BCUT2D eigenvalue weighted by atomic mass is 31.0. The average Bonchev–Trinajstić information content (AvgIpc) is 2.50. The average molecular weight is 335 g/mol. The molecular weight excluding hydrogens is 309 g/mol. The lowest BCUT2D eigenvalue weighted by Crippen LogP contribution is -2.58. The van der Waals surface area contributed by atoms with E-state index in [0.717, 1.165) is 11.7 Å². The highest BCUT2D eigenvalue weighted by Crippen LogP contribution is 2.35. The molecule has 0 saturated carbocycles. The molecule has 0 aliphatic carbocycles. The van der Waals surface area contributed by atoms with Crippen molar-refractivity contribution in [1.29, 1.82) is 0 Å². The molecule has 1 aliphatic rings. The molecule has 3 N–H and O–H groups in total. The lowest BCUT2D eigenvalue weighted by molar-refractivity contribution is -0.138. The summed E-state index contributed by atoms with van der Waals surface area (Å²) in [6.07, 6.45) is 0.828. The highest BCUT2D eigenvalue weighted by molar-refractivity contribution is 7.27. The zero-order valence-corrected chi connectivity index (χ0v) is 15.4. The predicted octanol–water partition coefficient (Wildman–Crippen LogP) is 1.97. The van der Waals surface area contributed by atoms with E-state index in [1.54, 1.807) is 18.9 Å². The number of rotatable bonds is 3. The fourth-order valence-corrected chi connectivity index (χ4v) is 3.24. The van der Waals surface area contributed by atoms with Gasteiger partial charge in [-0.05, 0) is 45.0 Å². The first-order valence-corrected chi connectivity index (χ1v) is 8.39. The largest absolute Gasteiger partial charge is 0.463 e. The normalized spacial score (nSPS) is 22.3. The number of nitrogens with one attached hydrogen (secondary N) is 1. The van der Waals surface area contributed by atoms with Crippen molar-refractivity contribution in [3.8, 4) is 0 Å². The summed E-state index contributed by atoms with van der Waals surface area (Å²) >= 11 is 0. The van der Waals surface area contributed by atoms with Crippen molar-refractivity contribution in [2.24, 2.45) is 5.84 Å². The Balaban J connectivity index is 2.42. The monoisotopic (exact) mass is 335 g/mol. The molecule has 0 aromatic heterocycles. The van der Waals surface area contributed by atoms with E-state index in [2.05, 4.69) is 40.5 Å². The molecule has 2 rings (SSSR count). The number of nitrogens with two attached hydrogens (primary N) is 1. The molecule has 1 aliphatic heterocycles. The summed E-state index contributed by atoms with van der Waals surface area (Å²) in [6.45, 7) is 8.03. The van der Waals surface area contributed by atoms with Gasteiger partial charge >= 0.3 is 5.97 Å². The number of ether oxygens (including phenoxy) is 1. The van der Waals surface area contributed by atoms with Gasteiger partial charge in [-0.15, -0.1) is 9.24 Å². The van der Waals surface area contributed by atoms with Crippen LogP contribution in [0.5, 0.6) is 0 Å². The van der Waals surface area contributed by atoms with E-state index in [1.165, 1.54) is 5.56 Å². The summed E-state index contributed by atoms with van der Waals surface area (Å²) in [5, 5.41) is 6.20. The summed E-state index contributed by atoms with van der Waals surface area (Å²) in [6, 6.07) is 8.27. The van der Waals surface area contributed by atoms with E-state index in [4.69, 9.17) is 10.6 Å². The van der Waals surface area contributed by atoms with Gasteiger partial charge in [0.05, 0.1) is 23.8 Å². The van der Waals surface area contributed by atoms with Gasteiger partial charge in [-0.25, -0.2) is 10.6 Å². The van der Waals surface area contributed by atoms with Crippen LogP contribution in [-0.2, 0) is 9.53 Å². The van der Waals surface area contributed by atoms with Crippen LogP contribution in [0.15, 0.2) is 35.7 Å². The first-order chi connectivity index (χ1) is 10.8. The summed E-state index contributed by atoms with van der Waals surface area (Å²) in [4.78, 5) is 12.1. The van der Waals surface area contributed by atoms with Gasteiger partial charge in [0.15, 0.2) is 0 Å². The Morgan fingerprint density at radius 1 is 1.48 bits per heavy atom. The van der Waals surface area contributed by atoms with Gasteiger partial charge < -0.3 is 10.1 Å². The Morgan fingerprint density at radius 2 is 2.13 bits per heavy atom. The zero-order valence-electron chi connectivity index (χ0n) is 14.2. The summed E-state index contributed by atoms with van der Waals surface area (Å²) in [7, 11) is 2.77. The van der Waals surface area contributed by atoms with Crippen molar-refractivity contribution in [3.63, 3.8) is 0 Å². The van der Waals surface area contributed by atoms with E-state index < -0.39 is 0 Å². The van der Waals surface area contributed by atoms with Crippen molar-refractivity contribution >= 4 is 20.5 Å². The summed E-state index contributed by atoms with van der Waals surface area (Å²) in [5.74, 6) is 6.55. The first-order valence-electron chi connectivity index (χ1n) is 7.81. The molecule has 2 unspecified atom stereocenters.